The molecule has 0 unspecified atom stereocenters. The lowest BCUT2D eigenvalue weighted by atomic mass is 9.88. The van der Waals surface area contributed by atoms with Gasteiger partial charge in [-0.25, -0.2) is 4.99 Å². The van der Waals surface area contributed by atoms with Gasteiger partial charge < -0.3 is 9.80 Å². The summed E-state index contributed by atoms with van der Waals surface area (Å²) in [7, 11) is 4.07. The van der Waals surface area contributed by atoms with Gasteiger partial charge in [-0.2, -0.15) is 4.99 Å². The van der Waals surface area contributed by atoms with Crippen LogP contribution in [0.3, 0.4) is 0 Å². The zero-order chi connectivity index (χ0) is 28.7. The molecule has 0 saturated heterocycles. The van der Waals surface area contributed by atoms with Crippen LogP contribution >= 0.6 is 0 Å². The van der Waals surface area contributed by atoms with Crippen LogP contribution in [0.25, 0.3) is 5.70 Å². The number of anilines is 2. The fourth-order valence-corrected chi connectivity index (χ4v) is 6.31. The Bertz CT molecular complexity index is 1580. The molecule has 2 heterocycles. The molecule has 0 spiro atoms. The van der Waals surface area contributed by atoms with Crippen LogP contribution < -0.4 is 9.80 Å². The van der Waals surface area contributed by atoms with E-state index < -0.39 is 0 Å². The van der Waals surface area contributed by atoms with E-state index in [4.69, 9.17) is 4.99 Å². The number of aliphatic imine (C=N–C) groups is 2. The third-order valence-electron chi connectivity index (χ3n) is 9.41. The van der Waals surface area contributed by atoms with Crippen LogP contribution in [-0.2, 0) is 0 Å². The Hall–Kier alpha value is -3.99. The predicted molar refractivity (Wildman–Crippen MR) is 165 cm³/mol. The number of amidine groups is 2. The van der Waals surface area contributed by atoms with E-state index in [-0.39, 0.29) is 5.91 Å². The summed E-state index contributed by atoms with van der Waals surface area (Å²) in [6, 6.07) is 6.27. The molecule has 0 saturated carbocycles. The lowest BCUT2D eigenvalue weighted by molar-refractivity contribution is 0.101. The summed E-state index contributed by atoms with van der Waals surface area (Å²) in [6.45, 7) is 23.5. The smallest absolute Gasteiger partial charge is 0.280 e. The second-order valence-corrected chi connectivity index (χ2v) is 11.2. The highest BCUT2D eigenvalue weighted by Crippen LogP contribution is 2.40. The molecule has 0 N–H and O–H groups in total. The van der Waals surface area contributed by atoms with Crippen molar-refractivity contribution >= 4 is 34.7 Å². The Balaban J connectivity index is 1.60. The van der Waals surface area contributed by atoms with Gasteiger partial charge in [0.25, 0.3) is 5.91 Å². The molecule has 5 nitrogen and oxygen atoms in total. The van der Waals surface area contributed by atoms with E-state index in [0.717, 1.165) is 67.4 Å². The molecule has 5 heteroatoms. The molecule has 5 rings (SSSR count). The van der Waals surface area contributed by atoms with E-state index in [1.807, 2.05) is 14.0 Å². The van der Waals surface area contributed by atoms with Gasteiger partial charge in [-0.3, -0.25) is 4.79 Å². The quantitative estimate of drug-likeness (QED) is 0.356. The highest BCUT2D eigenvalue weighted by molar-refractivity contribution is 6.27. The van der Waals surface area contributed by atoms with Crippen molar-refractivity contribution in [3.63, 3.8) is 0 Å². The topological polar surface area (TPSA) is 48.3 Å². The van der Waals surface area contributed by atoms with Crippen molar-refractivity contribution in [1.82, 2.24) is 0 Å². The fraction of sp³-hybridized carbons (Fsp3) is 0.324. The van der Waals surface area contributed by atoms with Gasteiger partial charge in [0.1, 0.15) is 11.7 Å². The Morgan fingerprint density at radius 2 is 0.923 bits per heavy atom. The third kappa shape index (κ3) is 3.63. The van der Waals surface area contributed by atoms with Crippen LogP contribution in [-0.4, -0.2) is 31.7 Å². The minimum Gasteiger partial charge on any atom is -0.329 e. The van der Waals surface area contributed by atoms with Gasteiger partial charge >= 0.3 is 0 Å². The molecule has 0 fully saturated rings. The number of amides is 1. The van der Waals surface area contributed by atoms with Gasteiger partial charge in [0.15, 0.2) is 0 Å². The van der Waals surface area contributed by atoms with E-state index in [0.29, 0.717) is 5.84 Å². The maximum absolute atomic E-state index is 13.1. The highest BCUT2D eigenvalue weighted by Gasteiger charge is 2.33. The first-order chi connectivity index (χ1) is 18.3. The maximum Gasteiger partial charge on any atom is 0.280 e. The Kier molecular flexibility index (Phi) is 6.17. The molecule has 39 heavy (non-hydrogen) atoms. The van der Waals surface area contributed by atoms with Crippen LogP contribution in [0.4, 0.5) is 11.4 Å². The molecule has 0 atom stereocenters. The number of hydrogen-bond donors (Lipinski definition) is 0. The maximum atomic E-state index is 13.1. The highest BCUT2D eigenvalue weighted by atomic mass is 16.1. The van der Waals surface area contributed by atoms with Crippen molar-refractivity contribution in [3.8, 4) is 0 Å². The van der Waals surface area contributed by atoms with E-state index in [9.17, 15) is 4.79 Å². The van der Waals surface area contributed by atoms with Crippen molar-refractivity contribution in [2.24, 2.45) is 9.98 Å². The van der Waals surface area contributed by atoms with Crippen LogP contribution in [0.2, 0.25) is 0 Å². The van der Waals surface area contributed by atoms with Crippen LogP contribution in [0, 0.1) is 62.3 Å². The molecule has 0 aliphatic carbocycles. The largest absolute Gasteiger partial charge is 0.329 e. The summed E-state index contributed by atoms with van der Waals surface area (Å²) in [5.41, 5.74) is 17.5. The van der Waals surface area contributed by atoms with Gasteiger partial charge in [-0.1, -0.05) is 12.6 Å². The van der Waals surface area contributed by atoms with E-state index in [2.05, 4.69) is 102 Å². The predicted octanol–water partition coefficient (Wildman–Crippen LogP) is 7.37. The van der Waals surface area contributed by atoms with Crippen LogP contribution in [0.5, 0.6) is 0 Å². The Labute approximate surface area is 232 Å². The molecule has 0 bridgehead atoms. The first-order valence-corrected chi connectivity index (χ1v) is 13.5. The number of carbonyl (C=O) groups is 1. The second kappa shape index (κ2) is 9.04. The molecule has 0 aromatic heterocycles. The lowest BCUT2D eigenvalue weighted by Gasteiger charge is -2.28. The summed E-state index contributed by atoms with van der Waals surface area (Å²) in [5, 5.41) is 0. The summed E-state index contributed by atoms with van der Waals surface area (Å²) in [6.07, 6.45) is 0. The van der Waals surface area contributed by atoms with Crippen molar-refractivity contribution < 1.29 is 4.79 Å². The molecule has 1 amide bonds. The molecule has 2 aliphatic rings. The number of carbonyl (C=O) groups excluding carboxylic acids is 1. The van der Waals surface area contributed by atoms with Gasteiger partial charge in [0.2, 0.25) is 0 Å². The van der Waals surface area contributed by atoms with E-state index in [1.165, 1.54) is 27.8 Å². The molecule has 3 aromatic carbocycles. The molecular weight excluding hydrogens is 480 g/mol. The SMILES string of the molecule is C=C1N=C(N(C)c2cccc(N(C)C3=NC(=O)c4c(C)c(C)c(C)c(C)c43)c2C)c2c(C)c(C)c(C)c(C)c21. The van der Waals surface area contributed by atoms with Gasteiger partial charge in [-0.15, -0.1) is 0 Å². The van der Waals surface area contributed by atoms with Crippen molar-refractivity contribution in [2.75, 3.05) is 23.9 Å². The van der Waals surface area contributed by atoms with Crippen molar-refractivity contribution in [3.05, 3.63) is 97.1 Å². The summed E-state index contributed by atoms with van der Waals surface area (Å²) in [4.78, 5) is 26.9. The number of fused-ring (bicyclic) bond motifs is 2. The average Bonchev–Trinajstić information content (AvgIpc) is 3.44. The van der Waals surface area contributed by atoms with Gasteiger partial charge in [0.05, 0.1) is 11.3 Å². The average molecular weight is 519 g/mol. The minimum absolute atomic E-state index is 0.159. The monoisotopic (exact) mass is 518 g/mol. The van der Waals surface area contributed by atoms with Gasteiger partial charge in [-0.05, 0) is 125 Å². The van der Waals surface area contributed by atoms with Crippen molar-refractivity contribution in [1.29, 1.82) is 0 Å². The molecule has 200 valence electrons. The van der Waals surface area contributed by atoms with Gasteiger partial charge in [0, 0.05) is 42.2 Å². The second-order valence-electron chi connectivity index (χ2n) is 11.2. The summed E-state index contributed by atoms with van der Waals surface area (Å²) in [5.74, 6) is 1.46. The minimum atomic E-state index is -0.159. The molecule has 3 aromatic rings. The summed E-state index contributed by atoms with van der Waals surface area (Å²) < 4.78 is 0. The van der Waals surface area contributed by atoms with Crippen LogP contribution in [0.1, 0.15) is 77.1 Å². The first-order valence-electron chi connectivity index (χ1n) is 13.5. The summed E-state index contributed by atoms with van der Waals surface area (Å²) >= 11 is 0. The number of hydrogen-bond acceptors (Lipinski definition) is 4. The number of nitrogens with zero attached hydrogens (tertiary/aromatic N) is 4. The van der Waals surface area contributed by atoms with Crippen LogP contribution in [0.15, 0.2) is 34.8 Å². The first kappa shape index (κ1) is 26.6. The normalized spacial score (nSPS) is 13.9. The standard InChI is InChI=1S/C34H38N4O/c1-16-17(2)21(6)29-28(20(16)5)25(10)35-32(29)37(11)26-14-13-15-27(24(26)9)38(12)33-30-22(7)18(3)19(4)23(8)31(30)34(39)36-33/h13-15H,10H2,1-9,11-12H3. The molecular formula is C34H38N4O. The zero-order valence-electron chi connectivity index (χ0n) is 25.1. The molecule has 2 aliphatic heterocycles. The molecule has 0 radical (unpaired) electrons. The number of benzene rings is 3. The fourth-order valence-electron chi connectivity index (χ4n) is 6.31. The zero-order valence-corrected chi connectivity index (χ0v) is 25.1. The Morgan fingerprint density at radius 1 is 0.538 bits per heavy atom. The number of rotatable bonds is 2. The van der Waals surface area contributed by atoms with E-state index in [1.54, 1.807) is 0 Å². The van der Waals surface area contributed by atoms with Crippen molar-refractivity contribution in [2.45, 2.75) is 62.3 Å². The Morgan fingerprint density at radius 3 is 1.41 bits per heavy atom. The van der Waals surface area contributed by atoms with E-state index >= 15 is 0 Å². The third-order valence-corrected chi connectivity index (χ3v) is 9.41. The lowest BCUT2D eigenvalue weighted by Crippen LogP contribution is -2.30.